The summed E-state index contributed by atoms with van der Waals surface area (Å²) < 4.78 is 10.1. The molecule has 0 aromatic carbocycles. The Balaban J connectivity index is 1.84. The number of aromatic nitrogens is 1. The molecule has 0 unspecified atom stereocenters. The monoisotopic (exact) mass is 254 g/mol. The molecule has 100 valence electrons. The van der Waals surface area contributed by atoms with E-state index in [1.54, 1.807) is 17.9 Å². The van der Waals surface area contributed by atoms with Gasteiger partial charge in [-0.05, 0) is 31.3 Å². The Kier molecular flexibility index (Phi) is 4.19. The molecule has 1 amide bonds. The molecule has 1 aromatic rings. The summed E-state index contributed by atoms with van der Waals surface area (Å²) in [7, 11) is 0. The van der Waals surface area contributed by atoms with E-state index in [9.17, 15) is 4.79 Å². The quantitative estimate of drug-likeness (QED) is 0.810. The highest BCUT2D eigenvalue weighted by atomic mass is 16.5. The number of aryl methyl sites for hydroxylation is 1. The van der Waals surface area contributed by atoms with Crippen molar-refractivity contribution in [2.45, 2.75) is 32.2 Å². The van der Waals surface area contributed by atoms with Gasteiger partial charge in [0.05, 0.1) is 6.61 Å². The van der Waals surface area contributed by atoms with Crippen LogP contribution in [-0.2, 0) is 4.79 Å². The maximum atomic E-state index is 12.0. The predicted molar refractivity (Wildman–Crippen MR) is 63.2 cm³/mol. The van der Waals surface area contributed by atoms with Gasteiger partial charge < -0.3 is 19.3 Å². The lowest BCUT2D eigenvalue weighted by Gasteiger charge is -2.37. The number of carbonyl (C=O) groups is 1. The summed E-state index contributed by atoms with van der Waals surface area (Å²) in [6.07, 6.45) is 3.16. The molecule has 6 heteroatoms. The van der Waals surface area contributed by atoms with Crippen LogP contribution in [-0.4, -0.2) is 46.9 Å². The Hall–Kier alpha value is -1.56. The maximum absolute atomic E-state index is 12.0. The highest BCUT2D eigenvalue weighted by molar-refractivity contribution is 5.78. The topological polar surface area (TPSA) is 75.8 Å². The third-order valence-corrected chi connectivity index (χ3v) is 3.13. The van der Waals surface area contributed by atoms with E-state index >= 15 is 0 Å². The van der Waals surface area contributed by atoms with Gasteiger partial charge in [-0.2, -0.15) is 0 Å². The van der Waals surface area contributed by atoms with Crippen molar-refractivity contribution in [3.8, 4) is 5.88 Å². The van der Waals surface area contributed by atoms with E-state index in [4.69, 9.17) is 14.4 Å². The van der Waals surface area contributed by atoms with Crippen LogP contribution in [0.5, 0.6) is 5.88 Å². The molecule has 0 atom stereocenters. The van der Waals surface area contributed by atoms with Crippen LogP contribution >= 0.6 is 0 Å². The van der Waals surface area contributed by atoms with Crippen molar-refractivity contribution in [3.63, 3.8) is 0 Å². The zero-order chi connectivity index (χ0) is 13.0. The minimum absolute atomic E-state index is 0.0225. The van der Waals surface area contributed by atoms with Gasteiger partial charge in [-0.1, -0.05) is 0 Å². The fraction of sp³-hybridized carbons (Fsp3) is 0.667. The number of rotatable bonds is 6. The van der Waals surface area contributed by atoms with Crippen LogP contribution in [0.4, 0.5) is 0 Å². The van der Waals surface area contributed by atoms with Crippen molar-refractivity contribution >= 4 is 5.91 Å². The van der Waals surface area contributed by atoms with Crippen LogP contribution in [0, 0.1) is 6.92 Å². The van der Waals surface area contributed by atoms with E-state index in [2.05, 4.69) is 5.16 Å². The van der Waals surface area contributed by atoms with Crippen molar-refractivity contribution in [1.82, 2.24) is 10.1 Å². The number of amides is 1. The van der Waals surface area contributed by atoms with Gasteiger partial charge in [-0.15, -0.1) is 0 Å². The third-order valence-electron chi connectivity index (χ3n) is 3.13. The molecule has 1 fully saturated rings. The molecule has 0 radical (unpaired) electrons. The standard InChI is InChI=1S/C12H18N2O4/c1-9-7-11(13-18-9)17-8-12(16)14(5-6-15)10-3-2-4-10/h7,10,15H,2-6,8H2,1H3. The molecule has 1 saturated carbocycles. The van der Waals surface area contributed by atoms with Crippen LogP contribution in [0.3, 0.4) is 0 Å². The van der Waals surface area contributed by atoms with Gasteiger partial charge in [0.15, 0.2) is 6.61 Å². The Morgan fingerprint density at radius 3 is 2.94 bits per heavy atom. The number of carbonyl (C=O) groups excluding carboxylic acids is 1. The molecule has 2 rings (SSSR count). The first-order chi connectivity index (χ1) is 8.70. The summed E-state index contributed by atoms with van der Waals surface area (Å²) in [5, 5.41) is 12.6. The van der Waals surface area contributed by atoms with Crippen LogP contribution in [0.15, 0.2) is 10.6 Å². The van der Waals surface area contributed by atoms with Crippen LogP contribution in [0.25, 0.3) is 0 Å². The largest absolute Gasteiger partial charge is 0.465 e. The van der Waals surface area contributed by atoms with Gasteiger partial charge >= 0.3 is 0 Å². The van der Waals surface area contributed by atoms with Gasteiger partial charge in [-0.3, -0.25) is 4.79 Å². The van der Waals surface area contributed by atoms with E-state index in [1.165, 1.54) is 0 Å². The van der Waals surface area contributed by atoms with E-state index in [0.717, 1.165) is 19.3 Å². The second-order valence-corrected chi connectivity index (χ2v) is 4.46. The second kappa shape index (κ2) is 5.86. The van der Waals surface area contributed by atoms with Gasteiger partial charge in [0.25, 0.3) is 11.8 Å². The predicted octanol–water partition coefficient (Wildman–Crippen LogP) is 0.735. The van der Waals surface area contributed by atoms with Gasteiger partial charge in [0.1, 0.15) is 5.76 Å². The Morgan fingerprint density at radius 2 is 2.44 bits per heavy atom. The smallest absolute Gasteiger partial charge is 0.260 e. The van der Waals surface area contributed by atoms with Crippen LogP contribution in [0.2, 0.25) is 0 Å². The summed E-state index contributed by atoms with van der Waals surface area (Å²) in [5.41, 5.74) is 0. The first kappa shape index (κ1) is 12.9. The molecule has 6 nitrogen and oxygen atoms in total. The highest BCUT2D eigenvalue weighted by Gasteiger charge is 2.28. The van der Waals surface area contributed by atoms with Crippen LogP contribution < -0.4 is 4.74 Å². The lowest BCUT2D eigenvalue weighted by molar-refractivity contribution is -0.138. The normalized spacial score (nSPS) is 15.2. The van der Waals surface area contributed by atoms with E-state index in [1.807, 2.05) is 0 Å². The molecule has 18 heavy (non-hydrogen) atoms. The first-order valence-electron chi connectivity index (χ1n) is 6.17. The Morgan fingerprint density at radius 1 is 1.67 bits per heavy atom. The lowest BCUT2D eigenvalue weighted by atomic mass is 9.91. The summed E-state index contributed by atoms with van der Waals surface area (Å²) in [5.74, 6) is 0.844. The zero-order valence-corrected chi connectivity index (χ0v) is 10.5. The number of hydrogen-bond acceptors (Lipinski definition) is 5. The highest BCUT2D eigenvalue weighted by Crippen LogP contribution is 2.24. The van der Waals surface area contributed by atoms with Crippen molar-refractivity contribution in [2.75, 3.05) is 19.8 Å². The van der Waals surface area contributed by atoms with Gasteiger partial charge in [0.2, 0.25) is 0 Å². The molecule has 1 aliphatic carbocycles. The van der Waals surface area contributed by atoms with Crippen molar-refractivity contribution in [3.05, 3.63) is 11.8 Å². The third kappa shape index (κ3) is 3.01. The SMILES string of the molecule is Cc1cc(OCC(=O)N(CCO)C2CCC2)no1. The average Bonchev–Trinajstić information content (AvgIpc) is 2.69. The molecule has 0 aliphatic heterocycles. The van der Waals surface area contributed by atoms with E-state index < -0.39 is 0 Å². The minimum atomic E-state index is -0.116. The van der Waals surface area contributed by atoms with Crippen molar-refractivity contribution < 1.29 is 19.2 Å². The minimum Gasteiger partial charge on any atom is -0.465 e. The number of ether oxygens (including phenoxy) is 1. The average molecular weight is 254 g/mol. The van der Waals surface area contributed by atoms with Gasteiger partial charge in [-0.25, -0.2) is 0 Å². The van der Waals surface area contributed by atoms with Crippen molar-refractivity contribution in [1.29, 1.82) is 0 Å². The van der Waals surface area contributed by atoms with E-state index in [0.29, 0.717) is 18.2 Å². The number of aliphatic hydroxyl groups is 1. The summed E-state index contributed by atoms with van der Waals surface area (Å²) in [4.78, 5) is 13.7. The number of nitrogens with zero attached hydrogens (tertiary/aromatic N) is 2. The molecule has 0 spiro atoms. The molecule has 0 bridgehead atoms. The molecular formula is C12H18N2O4. The van der Waals surface area contributed by atoms with Gasteiger partial charge in [0, 0.05) is 18.7 Å². The molecule has 1 aromatic heterocycles. The molecule has 0 saturated heterocycles. The Bertz CT molecular complexity index is 401. The van der Waals surface area contributed by atoms with Crippen molar-refractivity contribution in [2.24, 2.45) is 0 Å². The summed E-state index contributed by atoms with van der Waals surface area (Å²) >= 11 is 0. The zero-order valence-electron chi connectivity index (χ0n) is 10.5. The first-order valence-corrected chi connectivity index (χ1v) is 6.17. The molecule has 1 aliphatic rings. The summed E-state index contributed by atoms with van der Waals surface area (Å²) in [6, 6.07) is 1.89. The van der Waals surface area contributed by atoms with Crippen LogP contribution in [0.1, 0.15) is 25.0 Å². The number of hydrogen-bond donors (Lipinski definition) is 1. The lowest BCUT2D eigenvalue weighted by Crippen LogP contribution is -2.47. The molecular weight excluding hydrogens is 236 g/mol. The number of aliphatic hydroxyl groups excluding tert-OH is 1. The molecule has 1 N–H and O–H groups in total. The van der Waals surface area contributed by atoms with E-state index in [-0.39, 0.29) is 25.2 Å². The summed E-state index contributed by atoms with van der Waals surface area (Å²) in [6.45, 7) is 2.03. The Labute approximate surface area is 106 Å². The maximum Gasteiger partial charge on any atom is 0.260 e. The fourth-order valence-corrected chi connectivity index (χ4v) is 1.95. The fourth-order valence-electron chi connectivity index (χ4n) is 1.95. The second-order valence-electron chi connectivity index (χ2n) is 4.46. The molecule has 1 heterocycles.